The summed E-state index contributed by atoms with van der Waals surface area (Å²) >= 11 is 1.98. The van der Waals surface area contributed by atoms with E-state index in [1.54, 1.807) is 0 Å². The van der Waals surface area contributed by atoms with Gasteiger partial charge >= 0.3 is 0 Å². The fraction of sp³-hybridized carbons (Fsp3) is 1.00. The Kier molecular flexibility index (Phi) is 5.19. The quantitative estimate of drug-likeness (QED) is 0.814. The Labute approximate surface area is 111 Å². The van der Waals surface area contributed by atoms with Crippen LogP contribution in [0.5, 0.6) is 0 Å². The van der Waals surface area contributed by atoms with Gasteiger partial charge in [0.15, 0.2) is 0 Å². The molecule has 0 amide bonds. The maximum atomic E-state index is 3.89. The number of nitrogens with one attached hydrogen (secondary N) is 1. The van der Waals surface area contributed by atoms with E-state index in [0.29, 0.717) is 5.54 Å². The topological polar surface area (TPSA) is 15.3 Å². The highest BCUT2D eigenvalue weighted by Gasteiger charge is 2.40. The van der Waals surface area contributed by atoms with Crippen LogP contribution in [-0.4, -0.2) is 48.1 Å². The van der Waals surface area contributed by atoms with E-state index in [9.17, 15) is 0 Å². The molecule has 1 unspecified atom stereocenters. The molecule has 1 aliphatic carbocycles. The Balaban J connectivity index is 1.93. The van der Waals surface area contributed by atoms with E-state index in [2.05, 4.69) is 23.4 Å². The molecule has 0 aromatic heterocycles. The highest BCUT2D eigenvalue weighted by molar-refractivity contribution is 7.98. The van der Waals surface area contributed by atoms with Crippen molar-refractivity contribution in [3.63, 3.8) is 0 Å². The zero-order valence-electron chi connectivity index (χ0n) is 11.5. The molecule has 1 atom stereocenters. The van der Waals surface area contributed by atoms with Crippen LogP contribution in [0.2, 0.25) is 0 Å². The van der Waals surface area contributed by atoms with Gasteiger partial charge in [0.2, 0.25) is 0 Å². The highest BCUT2D eigenvalue weighted by Crippen LogP contribution is 2.33. The molecule has 2 aliphatic rings. The molecule has 0 bridgehead atoms. The zero-order chi connectivity index (χ0) is 12.1. The van der Waals surface area contributed by atoms with Crippen molar-refractivity contribution in [2.45, 2.75) is 57.0 Å². The molecule has 0 aromatic rings. The lowest BCUT2D eigenvalue weighted by molar-refractivity contribution is 0.0815. The molecular weight excluding hydrogens is 228 g/mol. The van der Waals surface area contributed by atoms with Gasteiger partial charge in [0.05, 0.1) is 0 Å². The van der Waals surface area contributed by atoms with Gasteiger partial charge in [-0.1, -0.05) is 26.2 Å². The Morgan fingerprint density at radius 3 is 2.76 bits per heavy atom. The van der Waals surface area contributed by atoms with Gasteiger partial charge in [-0.05, 0) is 25.5 Å². The summed E-state index contributed by atoms with van der Waals surface area (Å²) in [5.41, 5.74) is 0.489. The molecule has 100 valence electrons. The fourth-order valence-corrected chi connectivity index (χ4v) is 3.93. The predicted octanol–water partition coefficient (Wildman–Crippen LogP) is 2.74. The summed E-state index contributed by atoms with van der Waals surface area (Å²) in [5.74, 6) is 1.29. The number of nitrogens with zero attached hydrogens (tertiary/aromatic N) is 1. The third-order valence-electron chi connectivity index (χ3n) is 4.50. The Hall–Kier alpha value is 0.270. The molecule has 0 radical (unpaired) electrons. The monoisotopic (exact) mass is 256 g/mol. The van der Waals surface area contributed by atoms with E-state index in [0.717, 1.165) is 6.04 Å². The van der Waals surface area contributed by atoms with Gasteiger partial charge in [-0.25, -0.2) is 0 Å². The third-order valence-corrected chi connectivity index (χ3v) is 5.09. The summed E-state index contributed by atoms with van der Waals surface area (Å²) in [7, 11) is 0. The smallest absolute Gasteiger partial charge is 0.0309 e. The van der Waals surface area contributed by atoms with Gasteiger partial charge in [0.25, 0.3) is 0 Å². The van der Waals surface area contributed by atoms with Crippen molar-refractivity contribution >= 4 is 11.8 Å². The first kappa shape index (κ1) is 13.7. The van der Waals surface area contributed by atoms with Crippen LogP contribution in [0, 0.1) is 0 Å². The highest BCUT2D eigenvalue weighted by atomic mass is 32.2. The number of thioether (sulfide) groups is 1. The fourth-order valence-electron chi connectivity index (χ4n) is 3.51. The first-order valence-corrected chi connectivity index (χ1v) is 8.67. The maximum absolute atomic E-state index is 3.89. The van der Waals surface area contributed by atoms with Crippen LogP contribution >= 0.6 is 11.8 Å². The zero-order valence-corrected chi connectivity index (χ0v) is 12.3. The van der Waals surface area contributed by atoms with E-state index in [-0.39, 0.29) is 0 Å². The van der Waals surface area contributed by atoms with E-state index in [1.165, 1.54) is 63.9 Å². The molecule has 1 aliphatic heterocycles. The lowest BCUT2D eigenvalue weighted by Crippen LogP contribution is -2.63. The number of hydrogen-bond donors (Lipinski definition) is 1. The molecule has 2 fully saturated rings. The molecule has 1 spiro atoms. The van der Waals surface area contributed by atoms with Crippen LogP contribution in [-0.2, 0) is 0 Å². The molecule has 3 heteroatoms. The summed E-state index contributed by atoms with van der Waals surface area (Å²) in [6.45, 7) is 6.13. The van der Waals surface area contributed by atoms with Crippen molar-refractivity contribution in [3.05, 3.63) is 0 Å². The lowest BCUT2D eigenvalue weighted by atomic mass is 9.91. The second kappa shape index (κ2) is 6.44. The molecule has 1 N–H and O–H groups in total. The van der Waals surface area contributed by atoms with Crippen molar-refractivity contribution in [2.75, 3.05) is 31.6 Å². The second-order valence-corrected chi connectivity index (χ2v) is 6.76. The molecule has 1 saturated heterocycles. The predicted molar refractivity (Wildman–Crippen MR) is 77.9 cm³/mol. The van der Waals surface area contributed by atoms with Crippen LogP contribution in [0.3, 0.4) is 0 Å². The molecule has 2 nitrogen and oxygen atoms in total. The van der Waals surface area contributed by atoms with Gasteiger partial charge < -0.3 is 5.32 Å². The Morgan fingerprint density at radius 2 is 2.12 bits per heavy atom. The minimum Gasteiger partial charge on any atom is -0.308 e. The average Bonchev–Trinajstić information content (AvgIpc) is 2.78. The Morgan fingerprint density at radius 1 is 1.35 bits per heavy atom. The number of piperazine rings is 1. The van der Waals surface area contributed by atoms with Gasteiger partial charge in [0, 0.05) is 37.0 Å². The van der Waals surface area contributed by atoms with Crippen molar-refractivity contribution < 1.29 is 0 Å². The molecule has 2 rings (SSSR count). The normalized spacial score (nSPS) is 28.9. The van der Waals surface area contributed by atoms with Crippen molar-refractivity contribution in [1.82, 2.24) is 10.2 Å². The van der Waals surface area contributed by atoms with Crippen molar-refractivity contribution in [2.24, 2.45) is 0 Å². The lowest BCUT2D eigenvalue weighted by Gasteiger charge is -2.46. The summed E-state index contributed by atoms with van der Waals surface area (Å²) in [5, 5.41) is 3.89. The second-order valence-electron chi connectivity index (χ2n) is 5.77. The number of hydrogen-bond acceptors (Lipinski definition) is 3. The van der Waals surface area contributed by atoms with Gasteiger partial charge in [-0.3, -0.25) is 4.90 Å². The maximum Gasteiger partial charge on any atom is 0.0309 e. The number of rotatable bonds is 5. The standard InChI is InChI=1S/C14H28N2S/c1-3-6-13-11-15-14(7-4-5-8-14)12-16(13)9-10-17-2/h13,15H,3-12H2,1-2H3. The SMILES string of the molecule is CCCC1CNC2(CCCC2)CN1CCSC. The first-order chi connectivity index (χ1) is 8.29. The van der Waals surface area contributed by atoms with E-state index in [4.69, 9.17) is 0 Å². The Bertz CT molecular complexity index is 226. The van der Waals surface area contributed by atoms with E-state index >= 15 is 0 Å². The summed E-state index contributed by atoms with van der Waals surface area (Å²) < 4.78 is 0. The van der Waals surface area contributed by atoms with Crippen molar-refractivity contribution in [3.8, 4) is 0 Å². The minimum absolute atomic E-state index is 0.489. The molecule has 1 heterocycles. The van der Waals surface area contributed by atoms with E-state index < -0.39 is 0 Å². The summed E-state index contributed by atoms with van der Waals surface area (Å²) in [6, 6.07) is 0.790. The van der Waals surface area contributed by atoms with Crippen LogP contribution in [0.1, 0.15) is 45.4 Å². The van der Waals surface area contributed by atoms with Gasteiger partial charge in [0.1, 0.15) is 0 Å². The van der Waals surface area contributed by atoms with Gasteiger partial charge in [-0.15, -0.1) is 0 Å². The molecular formula is C14H28N2S. The van der Waals surface area contributed by atoms with Crippen LogP contribution < -0.4 is 5.32 Å². The third kappa shape index (κ3) is 3.39. The first-order valence-electron chi connectivity index (χ1n) is 7.28. The minimum atomic E-state index is 0.489. The molecule has 1 saturated carbocycles. The van der Waals surface area contributed by atoms with Crippen LogP contribution in [0.4, 0.5) is 0 Å². The largest absolute Gasteiger partial charge is 0.308 e. The van der Waals surface area contributed by atoms with E-state index in [1.807, 2.05) is 11.8 Å². The summed E-state index contributed by atoms with van der Waals surface area (Å²) in [4.78, 5) is 2.78. The van der Waals surface area contributed by atoms with Crippen LogP contribution in [0.15, 0.2) is 0 Å². The van der Waals surface area contributed by atoms with Gasteiger partial charge in [-0.2, -0.15) is 11.8 Å². The summed E-state index contributed by atoms with van der Waals surface area (Å²) in [6.07, 6.45) is 10.6. The molecule has 0 aromatic carbocycles. The molecule has 17 heavy (non-hydrogen) atoms. The van der Waals surface area contributed by atoms with Crippen molar-refractivity contribution in [1.29, 1.82) is 0 Å². The average molecular weight is 256 g/mol. The van der Waals surface area contributed by atoms with Crippen LogP contribution in [0.25, 0.3) is 0 Å².